The molecular formula is C16H19N5O. The highest BCUT2D eigenvalue weighted by Crippen LogP contribution is 2.20. The molecule has 0 amide bonds. The van der Waals surface area contributed by atoms with E-state index in [9.17, 15) is 0 Å². The minimum Gasteiger partial charge on any atom is -0.496 e. The largest absolute Gasteiger partial charge is 0.496 e. The van der Waals surface area contributed by atoms with Gasteiger partial charge in [-0.2, -0.15) is 4.52 Å². The van der Waals surface area contributed by atoms with E-state index in [1.54, 1.807) is 11.6 Å². The van der Waals surface area contributed by atoms with Crippen molar-refractivity contribution >= 4 is 11.5 Å². The van der Waals surface area contributed by atoms with Crippen LogP contribution in [-0.4, -0.2) is 34.0 Å². The Hall–Kier alpha value is -2.63. The first-order valence-electron chi connectivity index (χ1n) is 7.12. The van der Waals surface area contributed by atoms with Crippen LogP contribution in [0.15, 0.2) is 30.3 Å². The van der Waals surface area contributed by atoms with E-state index in [1.807, 2.05) is 39.1 Å². The van der Waals surface area contributed by atoms with Gasteiger partial charge in [0, 0.05) is 13.6 Å². The highest BCUT2D eigenvalue weighted by molar-refractivity contribution is 5.46. The molecule has 0 radical (unpaired) electrons. The van der Waals surface area contributed by atoms with Crippen LogP contribution in [0.2, 0.25) is 0 Å². The Morgan fingerprint density at radius 3 is 2.68 bits per heavy atom. The third kappa shape index (κ3) is 2.59. The lowest BCUT2D eigenvalue weighted by molar-refractivity contribution is 0.411. The molecule has 0 aliphatic heterocycles. The summed E-state index contributed by atoms with van der Waals surface area (Å²) in [7, 11) is 3.71. The molecule has 2 heterocycles. The van der Waals surface area contributed by atoms with Crippen molar-refractivity contribution in [1.82, 2.24) is 19.8 Å². The molecule has 1 aromatic carbocycles. The smallest absolute Gasteiger partial charge is 0.178 e. The van der Waals surface area contributed by atoms with Crippen LogP contribution >= 0.6 is 0 Å². The van der Waals surface area contributed by atoms with Crippen molar-refractivity contribution in [3.8, 4) is 5.75 Å². The van der Waals surface area contributed by atoms with Crippen LogP contribution in [-0.2, 0) is 6.54 Å². The molecule has 0 atom stereocenters. The predicted molar refractivity (Wildman–Crippen MR) is 85.4 cm³/mol. The van der Waals surface area contributed by atoms with Crippen LogP contribution in [0.25, 0.3) is 5.65 Å². The molecule has 6 heteroatoms. The maximum Gasteiger partial charge on any atom is 0.178 e. The van der Waals surface area contributed by atoms with Crippen LogP contribution in [0.1, 0.15) is 17.0 Å². The summed E-state index contributed by atoms with van der Waals surface area (Å²) in [5.41, 5.74) is 3.10. The summed E-state index contributed by atoms with van der Waals surface area (Å²) in [5.74, 6) is 2.57. The van der Waals surface area contributed by atoms with Gasteiger partial charge < -0.3 is 9.64 Å². The van der Waals surface area contributed by atoms with Crippen molar-refractivity contribution in [2.75, 3.05) is 19.1 Å². The molecule has 0 saturated heterocycles. The Kier molecular flexibility index (Phi) is 3.66. The topological polar surface area (TPSA) is 55.5 Å². The Bertz CT molecular complexity index is 811. The quantitative estimate of drug-likeness (QED) is 0.740. The summed E-state index contributed by atoms with van der Waals surface area (Å²) in [6.45, 7) is 4.71. The third-order valence-corrected chi connectivity index (χ3v) is 3.67. The van der Waals surface area contributed by atoms with Gasteiger partial charge in [0.15, 0.2) is 11.5 Å². The lowest BCUT2D eigenvalue weighted by Gasteiger charge is -2.19. The molecule has 0 aliphatic rings. The standard InChI is InChI=1S/C16H19N5O/c1-11-9-13(5-6-14(11)22-4)10-20(3)16-8-7-15-18-17-12(2)21(15)19-16/h5-9H,10H2,1-4H3. The second kappa shape index (κ2) is 5.63. The fourth-order valence-electron chi connectivity index (χ4n) is 2.48. The van der Waals surface area contributed by atoms with E-state index in [1.165, 1.54) is 5.56 Å². The van der Waals surface area contributed by atoms with Crippen LogP contribution in [0.5, 0.6) is 5.75 Å². The maximum absolute atomic E-state index is 5.30. The van der Waals surface area contributed by atoms with E-state index < -0.39 is 0 Å². The number of nitrogens with zero attached hydrogens (tertiary/aromatic N) is 5. The Labute approximate surface area is 129 Å². The molecule has 2 aromatic heterocycles. The minimum atomic E-state index is 0.759. The van der Waals surface area contributed by atoms with Gasteiger partial charge in [-0.1, -0.05) is 12.1 Å². The first-order valence-corrected chi connectivity index (χ1v) is 7.12. The lowest BCUT2D eigenvalue weighted by Crippen LogP contribution is -2.19. The van der Waals surface area contributed by atoms with E-state index in [-0.39, 0.29) is 0 Å². The van der Waals surface area contributed by atoms with Gasteiger partial charge in [0.2, 0.25) is 0 Å². The van der Waals surface area contributed by atoms with Crippen LogP contribution in [0.4, 0.5) is 5.82 Å². The lowest BCUT2D eigenvalue weighted by atomic mass is 10.1. The number of aryl methyl sites for hydroxylation is 2. The van der Waals surface area contributed by atoms with E-state index in [0.29, 0.717) is 0 Å². The summed E-state index contributed by atoms with van der Waals surface area (Å²) in [4.78, 5) is 2.10. The molecule has 0 spiro atoms. The molecule has 0 fully saturated rings. The number of aromatic nitrogens is 4. The molecule has 114 valence electrons. The van der Waals surface area contributed by atoms with Gasteiger partial charge in [-0.05, 0) is 43.2 Å². The zero-order chi connectivity index (χ0) is 15.7. The first-order chi connectivity index (χ1) is 10.6. The zero-order valence-corrected chi connectivity index (χ0v) is 13.2. The van der Waals surface area contributed by atoms with Crippen LogP contribution in [0.3, 0.4) is 0 Å². The second-order valence-electron chi connectivity index (χ2n) is 5.37. The summed E-state index contributed by atoms with van der Waals surface area (Å²) >= 11 is 0. The Morgan fingerprint density at radius 1 is 1.14 bits per heavy atom. The van der Waals surface area contributed by atoms with E-state index in [2.05, 4.69) is 32.3 Å². The fourth-order valence-corrected chi connectivity index (χ4v) is 2.48. The van der Waals surface area contributed by atoms with Crippen molar-refractivity contribution in [3.63, 3.8) is 0 Å². The molecule has 0 bridgehead atoms. The number of hydrogen-bond acceptors (Lipinski definition) is 5. The average molecular weight is 297 g/mol. The number of benzene rings is 1. The Balaban J connectivity index is 1.84. The molecule has 0 N–H and O–H groups in total. The van der Waals surface area contributed by atoms with Crippen LogP contribution < -0.4 is 9.64 Å². The molecule has 3 rings (SSSR count). The molecule has 0 saturated carbocycles. The summed E-state index contributed by atoms with van der Waals surface area (Å²) in [6.07, 6.45) is 0. The third-order valence-electron chi connectivity index (χ3n) is 3.67. The van der Waals surface area contributed by atoms with Crippen molar-refractivity contribution < 1.29 is 4.74 Å². The number of rotatable bonds is 4. The number of hydrogen-bond donors (Lipinski definition) is 0. The number of fused-ring (bicyclic) bond motifs is 1. The van der Waals surface area contributed by atoms with E-state index >= 15 is 0 Å². The van der Waals surface area contributed by atoms with E-state index in [4.69, 9.17) is 4.74 Å². The number of methoxy groups -OCH3 is 1. The van der Waals surface area contributed by atoms with Gasteiger partial charge in [-0.25, -0.2) is 0 Å². The van der Waals surface area contributed by atoms with Crippen molar-refractivity contribution in [2.45, 2.75) is 20.4 Å². The van der Waals surface area contributed by atoms with Gasteiger partial charge >= 0.3 is 0 Å². The van der Waals surface area contributed by atoms with Gasteiger partial charge in [-0.15, -0.1) is 15.3 Å². The van der Waals surface area contributed by atoms with Gasteiger partial charge in [-0.3, -0.25) is 0 Å². The normalized spacial score (nSPS) is 10.9. The van der Waals surface area contributed by atoms with E-state index in [0.717, 1.165) is 35.1 Å². The summed E-state index contributed by atoms with van der Waals surface area (Å²) in [5, 5.41) is 12.7. The van der Waals surface area contributed by atoms with Crippen molar-refractivity contribution in [1.29, 1.82) is 0 Å². The zero-order valence-electron chi connectivity index (χ0n) is 13.2. The monoisotopic (exact) mass is 297 g/mol. The van der Waals surface area contributed by atoms with Gasteiger partial charge in [0.1, 0.15) is 11.6 Å². The highest BCUT2D eigenvalue weighted by atomic mass is 16.5. The van der Waals surface area contributed by atoms with Gasteiger partial charge in [0.05, 0.1) is 7.11 Å². The molecule has 22 heavy (non-hydrogen) atoms. The van der Waals surface area contributed by atoms with Crippen LogP contribution in [0, 0.1) is 13.8 Å². The van der Waals surface area contributed by atoms with Crippen molar-refractivity contribution in [2.24, 2.45) is 0 Å². The molecule has 3 aromatic rings. The molecule has 0 unspecified atom stereocenters. The second-order valence-corrected chi connectivity index (χ2v) is 5.37. The molecular weight excluding hydrogens is 278 g/mol. The molecule has 0 aliphatic carbocycles. The fraction of sp³-hybridized carbons (Fsp3) is 0.312. The minimum absolute atomic E-state index is 0.759. The predicted octanol–water partition coefficient (Wildman–Crippen LogP) is 2.39. The Morgan fingerprint density at radius 2 is 1.95 bits per heavy atom. The maximum atomic E-state index is 5.30. The molecule has 6 nitrogen and oxygen atoms in total. The summed E-state index contributed by atoms with van der Waals surface area (Å²) < 4.78 is 7.05. The van der Waals surface area contributed by atoms with Gasteiger partial charge in [0.25, 0.3) is 0 Å². The SMILES string of the molecule is COc1ccc(CN(C)c2ccc3nnc(C)n3n2)cc1C. The average Bonchev–Trinajstić information content (AvgIpc) is 2.88. The highest BCUT2D eigenvalue weighted by Gasteiger charge is 2.09. The summed E-state index contributed by atoms with van der Waals surface area (Å²) in [6, 6.07) is 10.1. The van der Waals surface area contributed by atoms with Crippen molar-refractivity contribution in [3.05, 3.63) is 47.3 Å². The number of anilines is 1. The number of ether oxygens (including phenoxy) is 1. The first kappa shape index (κ1) is 14.3.